The lowest BCUT2D eigenvalue weighted by molar-refractivity contribution is 0.239. The van der Waals surface area contributed by atoms with E-state index in [0.29, 0.717) is 0 Å². The first-order valence-corrected chi connectivity index (χ1v) is 3.89. The Morgan fingerprint density at radius 3 is 2.70 bits per heavy atom. The number of hydrogen-bond acceptors (Lipinski definition) is 3. The molecule has 0 aromatic rings. The lowest BCUT2D eigenvalue weighted by atomic mass is 10.2. The molecule has 3 heteroatoms. The highest BCUT2D eigenvalue weighted by molar-refractivity contribution is 4.61. The fraction of sp³-hybridized carbons (Fsp3) is 1.00. The van der Waals surface area contributed by atoms with Gasteiger partial charge in [0.15, 0.2) is 0 Å². The van der Waals surface area contributed by atoms with E-state index in [4.69, 9.17) is 10.8 Å². The van der Waals surface area contributed by atoms with Crippen molar-refractivity contribution in [2.45, 2.75) is 25.8 Å². The normalized spacial score (nSPS) is 13.5. The van der Waals surface area contributed by atoms with Gasteiger partial charge in [-0.3, -0.25) is 0 Å². The Labute approximate surface area is 62.6 Å². The predicted molar refractivity (Wildman–Crippen MR) is 42.8 cm³/mol. The molecule has 0 unspecified atom stereocenters. The van der Waals surface area contributed by atoms with Gasteiger partial charge in [0.25, 0.3) is 0 Å². The van der Waals surface area contributed by atoms with Crippen LogP contribution in [0.4, 0.5) is 0 Å². The molecule has 3 nitrogen and oxygen atoms in total. The SMILES string of the molecule is CC[C@H](CO)NCCCN. The van der Waals surface area contributed by atoms with Gasteiger partial charge in [-0.15, -0.1) is 0 Å². The number of hydrogen-bond donors (Lipinski definition) is 3. The molecule has 0 aromatic heterocycles. The molecular formula is C7H18N2O. The Morgan fingerprint density at radius 2 is 2.30 bits per heavy atom. The van der Waals surface area contributed by atoms with Crippen LogP contribution in [0.3, 0.4) is 0 Å². The van der Waals surface area contributed by atoms with Crippen LogP contribution < -0.4 is 11.1 Å². The molecule has 0 saturated heterocycles. The standard InChI is InChI=1S/C7H18N2O/c1-2-7(6-10)9-5-3-4-8/h7,9-10H,2-6,8H2,1H3/t7-/m1/s1. The first-order chi connectivity index (χ1) is 4.85. The summed E-state index contributed by atoms with van der Waals surface area (Å²) in [6, 6.07) is 0.256. The molecule has 0 aromatic carbocycles. The summed E-state index contributed by atoms with van der Waals surface area (Å²) in [6.07, 6.45) is 1.96. The van der Waals surface area contributed by atoms with E-state index in [9.17, 15) is 0 Å². The monoisotopic (exact) mass is 146 g/mol. The van der Waals surface area contributed by atoms with Gasteiger partial charge in [-0.1, -0.05) is 6.92 Å². The molecular weight excluding hydrogens is 128 g/mol. The van der Waals surface area contributed by atoms with Gasteiger partial charge in [0.1, 0.15) is 0 Å². The van der Waals surface area contributed by atoms with E-state index in [1.165, 1.54) is 0 Å². The zero-order valence-electron chi connectivity index (χ0n) is 6.64. The van der Waals surface area contributed by atoms with Crippen LogP contribution in [-0.2, 0) is 0 Å². The van der Waals surface area contributed by atoms with E-state index in [1.807, 2.05) is 0 Å². The first-order valence-electron chi connectivity index (χ1n) is 3.89. The third kappa shape index (κ3) is 4.73. The molecule has 10 heavy (non-hydrogen) atoms. The fourth-order valence-corrected chi connectivity index (χ4v) is 0.746. The predicted octanol–water partition coefficient (Wildman–Crippen LogP) is -0.304. The highest BCUT2D eigenvalue weighted by Gasteiger charge is 2.00. The van der Waals surface area contributed by atoms with Crippen LogP contribution >= 0.6 is 0 Å². The molecule has 0 saturated carbocycles. The molecule has 0 rings (SSSR count). The third-order valence-electron chi connectivity index (χ3n) is 1.53. The number of rotatable bonds is 6. The smallest absolute Gasteiger partial charge is 0.0584 e. The van der Waals surface area contributed by atoms with Crippen LogP contribution in [0.15, 0.2) is 0 Å². The Kier molecular flexibility index (Phi) is 6.91. The van der Waals surface area contributed by atoms with E-state index in [-0.39, 0.29) is 12.6 Å². The van der Waals surface area contributed by atoms with E-state index < -0.39 is 0 Å². The summed E-state index contributed by atoms with van der Waals surface area (Å²) in [5.41, 5.74) is 5.30. The summed E-state index contributed by atoms with van der Waals surface area (Å²) in [6.45, 7) is 3.90. The van der Waals surface area contributed by atoms with Crippen molar-refractivity contribution >= 4 is 0 Å². The number of aliphatic hydroxyl groups is 1. The van der Waals surface area contributed by atoms with Crippen molar-refractivity contribution in [3.05, 3.63) is 0 Å². The minimum Gasteiger partial charge on any atom is -0.395 e. The maximum absolute atomic E-state index is 8.73. The summed E-state index contributed by atoms with van der Waals surface area (Å²) < 4.78 is 0. The van der Waals surface area contributed by atoms with Crippen molar-refractivity contribution in [2.75, 3.05) is 19.7 Å². The minimum absolute atomic E-state index is 0.223. The van der Waals surface area contributed by atoms with E-state index in [0.717, 1.165) is 25.9 Å². The molecule has 1 atom stereocenters. The van der Waals surface area contributed by atoms with Crippen molar-refractivity contribution in [1.82, 2.24) is 5.32 Å². The lowest BCUT2D eigenvalue weighted by Gasteiger charge is -2.12. The molecule has 62 valence electrons. The van der Waals surface area contributed by atoms with Crippen LogP contribution in [0.5, 0.6) is 0 Å². The number of aliphatic hydroxyl groups excluding tert-OH is 1. The first kappa shape index (κ1) is 9.88. The fourth-order valence-electron chi connectivity index (χ4n) is 0.746. The topological polar surface area (TPSA) is 58.3 Å². The van der Waals surface area contributed by atoms with E-state index in [2.05, 4.69) is 12.2 Å². The van der Waals surface area contributed by atoms with Gasteiger partial charge < -0.3 is 16.2 Å². The molecule has 4 N–H and O–H groups in total. The second-order valence-corrected chi connectivity index (χ2v) is 2.38. The Bertz CT molecular complexity index is 64.6. The third-order valence-corrected chi connectivity index (χ3v) is 1.53. The second-order valence-electron chi connectivity index (χ2n) is 2.38. The second kappa shape index (κ2) is 6.99. The van der Waals surface area contributed by atoms with Gasteiger partial charge in [0, 0.05) is 6.04 Å². The van der Waals surface area contributed by atoms with Crippen molar-refractivity contribution in [3.8, 4) is 0 Å². The van der Waals surface area contributed by atoms with Gasteiger partial charge in [-0.25, -0.2) is 0 Å². The summed E-state index contributed by atoms with van der Waals surface area (Å²) in [5, 5.41) is 11.9. The molecule has 0 aliphatic heterocycles. The zero-order valence-corrected chi connectivity index (χ0v) is 6.64. The average molecular weight is 146 g/mol. The van der Waals surface area contributed by atoms with E-state index in [1.54, 1.807) is 0 Å². The molecule has 0 spiro atoms. The van der Waals surface area contributed by atoms with Gasteiger partial charge >= 0.3 is 0 Å². The van der Waals surface area contributed by atoms with Crippen LogP contribution in [0, 0.1) is 0 Å². The maximum Gasteiger partial charge on any atom is 0.0584 e. The molecule has 0 bridgehead atoms. The number of nitrogens with one attached hydrogen (secondary N) is 1. The summed E-state index contributed by atoms with van der Waals surface area (Å²) in [7, 11) is 0. The van der Waals surface area contributed by atoms with Crippen LogP contribution in [0.2, 0.25) is 0 Å². The van der Waals surface area contributed by atoms with Crippen molar-refractivity contribution < 1.29 is 5.11 Å². The van der Waals surface area contributed by atoms with Crippen molar-refractivity contribution in [3.63, 3.8) is 0 Å². The molecule has 0 aliphatic carbocycles. The number of nitrogens with two attached hydrogens (primary N) is 1. The summed E-state index contributed by atoms with van der Waals surface area (Å²) in [5.74, 6) is 0. The molecule has 0 aliphatic rings. The molecule has 0 amide bonds. The van der Waals surface area contributed by atoms with Gasteiger partial charge in [0.05, 0.1) is 6.61 Å². The highest BCUT2D eigenvalue weighted by Crippen LogP contribution is 1.87. The summed E-state index contributed by atoms with van der Waals surface area (Å²) in [4.78, 5) is 0. The molecule has 0 fully saturated rings. The van der Waals surface area contributed by atoms with Gasteiger partial charge in [-0.05, 0) is 25.9 Å². The Balaban J connectivity index is 3.09. The minimum atomic E-state index is 0.223. The van der Waals surface area contributed by atoms with Crippen LogP contribution in [0.25, 0.3) is 0 Å². The Hall–Kier alpha value is -0.120. The average Bonchev–Trinajstić information content (AvgIpc) is 1.99. The molecule has 0 heterocycles. The Morgan fingerprint density at radius 1 is 1.60 bits per heavy atom. The van der Waals surface area contributed by atoms with E-state index >= 15 is 0 Å². The van der Waals surface area contributed by atoms with Crippen LogP contribution in [-0.4, -0.2) is 30.8 Å². The maximum atomic E-state index is 8.73. The van der Waals surface area contributed by atoms with Crippen LogP contribution in [0.1, 0.15) is 19.8 Å². The molecule has 0 radical (unpaired) electrons. The van der Waals surface area contributed by atoms with Crippen molar-refractivity contribution in [2.24, 2.45) is 5.73 Å². The van der Waals surface area contributed by atoms with Gasteiger partial charge in [0.2, 0.25) is 0 Å². The quantitative estimate of drug-likeness (QED) is 0.451. The highest BCUT2D eigenvalue weighted by atomic mass is 16.3. The lowest BCUT2D eigenvalue weighted by Crippen LogP contribution is -2.33. The van der Waals surface area contributed by atoms with Crippen molar-refractivity contribution in [1.29, 1.82) is 0 Å². The summed E-state index contributed by atoms with van der Waals surface area (Å²) >= 11 is 0. The zero-order chi connectivity index (χ0) is 7.82. The largest absolute Gasteiger partial charge is 0.395 e. The van der Waals surface area contributed by atoms with Gasteiger partial charge in [-0.2, -0.15) is 0 Å².